The van der Waals surface area contributed by atoms with Crippen LogP contribution in [-0.2, 0) is 11.0 Å². The van der Waals surface area contributed by atoms with Gasteiger partial charge in [-0.3, -0.25) is 14.6 Å². The molecule has 0 spiro atoms. The minimum absolute atomic E-state index is 0.0451. The first-order valence-corrected chi connectivity index (χ1v) is 11.6. The third-order valence-corrected chi connectivity index (χ3v) is 5.51. The lowest BCUT2D eigenvalue weighted by Crippen LogP contribution is -2.25. The molecule has 2 aromatic carbocycles. The van der Waals surface area contributed by atoms with Crippen LogP contribution in [0.4, 0.5) is 13.2 Å². The number of alkyl halides is 3. The highest BCUT2D eigenvalue weighted by Gasteiger charge is 2.30. The number of pyridine rings is 1. The van der Waals surface area contributed by atoms with E-state index in [0.29, 0.717) is 22.6 Å². The van der Waals surface area contributed by atoms with Crippen molar-refractivity contribution >= 4 is 11.9 Å². The number of unbranched alkanes of at least 4 members (excludes halogenated alkanes) is 1. The summed E-state index contributed by atoms with van der Waals surface area (Å²) in [6.45, 7) is 2.12. The van der Waals surface area contributed by atoms with Crippen molar-refractivity contribution in [2.75, 3.05) is 6.54 Å². The molecule has 1 amide bonds. The van der Waals surface area contributed by atoms with Gasteiger partial charge in [0.05, 0.1) is 17.7 Å². The molecular formula is C27H27F3N2O4. The molecule has 0 saturated carbocycles. The lowest BCUT2D eigenvalue weighted by atomic mass is 10.0. The third-order valence-electron chi connectivity index (χ3n) is 5.51. The van der Waals surface area contributed by atoms with Crippen LogP contribution >= 0.6 is 0 Å². The van der Waals surface area contributed by atoms with E-state index in [0.717, 1.165) is 37.1 Å². The number of benzene rings is 2. The fraction of sp³-hybridized carbons (Fsp3) is 0.296. The number of carboxylic acids is 1. The Morgan fingerprint density at radius 3 is 2.28 bits per heavy atom. The molecule has 0 fully saturated rings. The Labute approximate surface area is 207 Å². The molecular weight excluding hydrogens is 473 g/mol. The number of carbonyl (C=O) groups is 2. The Morgan fingerprint density at radius 2 is 1.72 bits per heavy atom. The van der Waals surface area contributed by atoms with Crippen molar-refractivity contribution in [1.29, 1.82) is 0 Å². The predicted molar refractivity (Wildman–Crippen MR) is 129 cm³/mol. The van der Waals surface area contributed by atoms with Crippen LogP contribution in [0.25, 0.3) is 11.3 Å². The number of nitrogens with one attached hydrogen (secondary N) is 1. The van der Waals surface area contributed by atoms with E-state index in [1.807, 2.05) is 12.1 Å². The van der Waals surface area contributed by atoms with E-state index in [9.17, 15) is 22.8 Å². The summed E-state index contributed by atoms with van der Waals surface area (Å²) in [7, 11) is 0. The highest BCUT2D eigenvalue weighted by atomic mass is 19.4. The number of aromatic nitrogens is 1. The van der Waals surface area contributed by atoms with Crippen molar-refractivity contribution in [2.45, 2.75) is 44.9 Å². The number of halogens is 3. The average Bonchev–Trinajstić information content (AvgIpc) is 2.86. The van der Waals surface area contributed by atoms with E-state index in [2.05, 4.69) is 17.2 Å². The van der Waals surface area contributed by atoms with Crippen LogP contribution in [0.15, 0.2) is 66.9 Å². The Hall–Kier alpha value is -3.88. The van der Waals surface area contributed by atoms with Gasteiger partial charge in [0, 0.05) is 23.9 Å². The first kappa shape index (κ1) is 26.7. The monoisotopic (exact) mass is 500 g/mol. The summed E-state index contributed by atoms with van der Waals surface area (Å²) in [6.07, 6.45) is -1.35. The second-order valence-electron chi connectivity index (χ2n) is 8.22. The van der Waals surface area contributed by atoms with Gasteiger partial charge < -0.3 is 15.2 Å². The zero-order valence-corrected chi connectivity index (χ0v) is 19.7. The summed E-state index contributed by atoms with van der Waals surface area (Å²) < 4.78 is 44.6. The SMILES string of the molecule is CCCC[C@@H](Oc1ccc(C(=O)NCCC(=O)O)cc1)c1ccc(-c2ccc(C(F)(F)F)cn2)cc1. The Kier molecular flexibility index (Phi) is 9.05. The molecule has 0 aliphatic carbocycles. The molecule has 0 saturated heterocycles. The zero-order chi connectivity index (χ0) is 26.1. The first-order chi connectivity index (χ1) is 17.2. The highest BCUT2D eigenvalue weighted by molar-refractivity contribution is 5.94. The predicted octanol–water partition coefficient (Wildman–Crippen LogP) is 6.28. The molecule has 9 heteroatoms. The maximum atomic E-state index is 12.8. The van der Waals surface area contributed by atoms with Gasteiger partial charge in [-0.25, -0.2) is 0 Å². The number of carboxylic acid groups (broad SMARTS) is 1. The molecule has 190 valence electrons. The Balaban J connectivity index is 1.69. The Bertz CT molecular complexity index is 1150. The van der Waals surface area contributed by atoms with Crippen molar-refractivity contribution in [3.63, 3.8) is 0 Å². The van der Waals surface area contributed by atoms with Gasteiger partial charge in [-0.15, -0.1) is 0 Å². The maximum Gasteiger partial charge on any atom is 0.417 e. The quantitative estimate of drug-likeness (QED) is 0.323. The average molecular weight is 501 g/mol. The highest BCUT2D eigenvalue weighted by Crippen LogP contribution is 2.31. The van der Waals surface area contributed by atoms with Gasteiger partial charge in [-0.05, 0) is 54.8 Å². The molecule has 1 heterocycles. The molecule has 1 aromatic heterocycles. The summed E-state index contributed by atoms with van der Waals surface area (Å²) in [5.41, 5.74) is 1.65. The van der Waals surface area contributed by atoms with E-state index < -0.39 is 17.7 Å². The summed E-state index contributed by atoms with van der Waals surface area (Å²) in [6, 6.07) is 16.3. The van der Waals surface area contributed by atoms with E-state index in [1.165, 1.54) is 6.07 Å². The van der Waals surface area contributed by atoms with E-state index >= 15 is 0 Å². The van der Waals surface area contributed by atoms with E-state index in [1.54, 1.807) is 36.4 Å². The van der Waals surface area contributed by atoms with E-state index in [-0.39, 0.29) is 25.0 Å². The van der Waals surface area contributed by atoms with Gasteiger partial charge in [-0.2, -0.15) is 13.2 Å². The van der Waals surface area contributed by atoms with Gasteiger partial charge in [0.15, 0.2) is 0 Å². The number of hydrogen-bond acceptors (Lipinski definition) is 4. The second kappa shape index (κ2) is 12.2. The van der Waals surface area contributed by atoms with Crippen LogP contribution in [0.5, 0.6) is 5.75 Å². The number of carbonyl (C=O) groups excluding carboxylic acids is 1. The molecule has 36 heavy (non-hydrogen) atoms. The molecule has 0 aliphatic heterocycles. The molecule has 1 atom stereocenters. The van der Waals surface area contributed by atoms with Crippen LogP contribution in [0.3, 0.4) is 0 Å². The minimum atomic E-state index is -4.43. The van der Waals surface area contributed by atoms with Crippen LogP contribution in [0, 0.1) is 0 Å². The van der Waals surface area contributed by atoms with Crippen LogP contribution in [0.1, 0.15) is 60.2 Å². The molecule has 6 nitrogen and oxygen atoms in total. The minimum Gasteiger partial charge on any atom is -0.486 e. The van der Waals surface area contributed by atoms with Crippen molar-refractivity contribution < 1.29 is 32.6 Å². The van der Waals surface area contributed by atoms with Gasteiger partial charge in [0.25, 0.3) is 5.91 Å². The molecule has 0 unspecified atom stereocenters. The molecule has 3 rings (SSSR count). The second-order valence-corrected chi connectivity index (χ2v) is 8.22. The number of rotatable bonds is 11. The maximum absolute atomic E-state index is 12.8. The van der Waals surface area contributed by atoms with Crippen molar-refractivity contribution in [1.82, 2.24) is 10.3 Å². The molecule has 0 aliphatic rings. The third kappa shape index (κ3) is 7.56. The standard InChI is InChI=1S/C27H27F3N2O4/c1-2-3-4-24(36-22-12-9-20(10-13-22)26(35)31-16-15-25(33)34)19-7-5-18(6-8-19)23-14-11-21(17-32-23)27(28,29)30/h5-14,17,24H,2-4,15-16H2,1H3,(H,31,35)(H,33,34)/t24-/m1/s1. The number of hydrogen-bond donors (Lipinski definition) is 2. The fourth-order valence-corrected chi connectivity index (χ4v) is 3.52. The largest absolute Gasteiger partial charge is 0.486 e. The van der Waals surface area contributed by atoms with Crippen molar-refractivity contribution in [3.05, 3.63) is 83.6 Å². The van der Waals surface area contributed by atoms with Gasteiger partial charge in [0.1, 0.15) is 11.9 Å². The molecule has 0 bridgehead atoms. The van der Waals surface area contributed by atoms with Crippen LogP contribution < -0.4 is 10.1 Å². The first-order valence-electron chi connectivity index (χ1n) is 11.6. The Morgan fingerprint density at radius 1 is 1.03 bits per heavy atom. The van der Waals surface area contributed by atoms with Gasteiger partial charge in [0.2, 0.25) is 0 Å². The van der Waals surface area contributed by atoms with Crippen LogP contribution in [-0.4, -0.2) is 28.5 Å². The number of amides is 1. The van der Waals surface area contributed by atoms with Gasteiger partial charge >= 0.3 is 12.1 Å². The number of nitrogens with zero attached hydrogens (tertiary/aromatic N) is 1. The van der Waals surface area contributed by atoms with Crippen molar-refractivity contribution in [3.8, 4) is 17.0 Å². The number of ether oxygens (including phenoxy) is 1. The zero-order valence-electron chi connectivity index (χ0n) is 19.7. The lowest BCUT2D eigenvalue weighted by Gasteiger charge is -2.20. The summed E-state index contributed by atoms with van der Waals surface area (Å²) in [5, 5.41) is 11.2. The van der Waals surface area contributed by atoms with Gasteiger partial charge in [-0.1, -0.05) is 37.6 Å². The smallest absolute Gasteiger partial charge is 0.417 e. The fourth-order valence-electron chi connectivity index (χ4n) is 3.52. The molecule has 3 aromatic rings. The molecule has 2 N–H and O–H groups in total. The summed E-state index contributed by atoms with van der Waals surface area (Å²) in [5.74, 6) is -0.773. The molecule has 0 radical (unpaired) electrons. The van der Waals surface area contributed by atoms with Crippen LogP contribution in [0.2, 0.25) is 0 Å². The summed E-state index contributed by atoms with van der Waals surface area (Å²) >= 11 is 0. The van der Waals surface area contributed by atoms with E-state index in [4.69, 9.17) is 9.84 Å². The summed E-state index contributed by atoms with van der Waals surface area (Å²) in [4.78, 5) is 26.7. The lowest BCUT2D eigenvalue weighted by molar-refractivity contribution is -0.138. The van der Waals surface area contributed by atoms with Crippen molar-refractivity contribution in [2.24, 2.45) is 0 Å². The normalized spacial score (nSPS) is 12.1. The topological polar surface area (TPSA) is 88.5 Å². The number of aliphatic carboxylic acids is 1.